The molecule has 0 spiro atoms. The minimum atomic E-state index is -4.56. The highest BCUT2D eigenvalue weighted by Gasteiger charge is 2.56. The average molecular weight is 413 g/mol. The first kappa shape index (κ1) is 20.6. The van der Waals surface area contributed by atoms with E-state index in [0.717, 1.165) is 35.9 Å². The lowest BCUT2D eigenvalue weighted by atomic mass is 9.96. The van der Waals surface area contributed by atoms with E-state index in [1.165, 1.54) is 6.07 Å². The van der Waals surface area contributed by atoms with Crippen LogP contribution in [0.1, 0.15) is 25.3 Å². The topological polar surface area (TPSA) is 105 Å². The quantitative estimate of drug-likeness (QED) is 0.548. The number of hydrogen-bond acceptors (Lipinski definition) is 5. The summed E-state index contributed by atoms with van der Waals surface area (Å²) in [5.41, 5.74) is -2.10. The molecule has 0 unspecified atom stereocenters. The Morgan fingerprint density at radius 2 is 2.00 bits per heavy atom. The summed E-state index contributed by atoms with van der Waals surface area (Å²) >= 11 is 0. The van der Waals surface area contributed by atoms with E-state index in [2.05, 4.69) is 10.6 Å². The lowest BCUT2D eigenvalue weighted by molar-refractivity contribution is -0.150. The van der Waals surface area contributed by atoms with Crippen molar-refractivity contribution in [1.82, 2.24) is 10.2 Å². The maximum atomic E-state index is 12.7. The molecule has 8 nitrogen and oxygen atoms in total. The van der Waals surface area contributed by atoms with Gasteiger partial charge in [-0.15, -0.1) is 0 Å². The predicted octanol–water partition coefficient (Wildman–Crippen LogP) is 1.91. The molecule has 2 fully saturated rings. The molecule has 1 aliphatic carbocycles. The van der Waals surface area contributed by atoms with Gasteiger partial charge < -0.3 is 15.4 Å². The molecule has 1 atom stereocenters. The van der Waals surface area contributed by atoms with Gasteiger partial charge in [-0.1, -0.05) is 6.07 Å². The van der Waals surface area contributed by atoms with Crippen LogP contribution in [0.4, 0.5) is 23.7 Å². The van der Waals surface area contributed by atoms with Crippen LogP contribution in [0.25, 0.3) is 0 Å². The molecule has 1 aromatic rings. The molecule has 1 saturated heterocycles. The summed E-state index contributed by atoms with van der Waals surface area (Å²) in [4.78, 5) is 48.8. The molecular weight excluding hydrogens is 395 g/mol. The first-order chi connectivity index (χ1) is 13.5. The van der Waals surface area contributed by atoms with Crippen LogP contribution < -0.4 is 10.6 Å². The Labute approximate surface area is 163 Å². The first-order valence-corrected chi connectivity index (χ1v) is 8.77. The van der Waals surface area contributed by atoms with Crippen LogP contribution in [-0.4, -0.2) is 47.4 Å². The van der Waals surface area contributed by atoms with E-state index in [1.54, 1.807) is 6.92 Å². The highest BCUT2D eigenvalue weighted by Crippen LogP contribution is 2.42. The fourth-order valence-corrected chi connectivity index (χ4v) is 3.09. The molecule has 1 saturated carbocycles. The van der Waals surface area contributed by atoms with E-state index in [0.29, 0.717) is 0 Å². The monoisotopic (exact) mass is 413 g/mol. The second-order valence-corrected chi connectivity index (χ2v) is 7.09. The van der Waals surface area contributed by atoms with E-state index in [9.17, 15) is 32.3 Å². The van der Waals surface area contributed by atoms with E-state index >= 15 is 0 Å². The number of esters is 1. The number of amides is 4. The number of halogens is 3. The molecule has 1 aliphatic heterocycles. The van der Waals surface area contributed by atoms with Crippen LogP contribution in [0.5, 0.6) is 0 Å². The van der Waals surface area contributed by atoms with Crippen molar-refractivity contribution < 1.29 is 37.1 Å². The number of benzene rings is 1. The molecule has 4 amide bonds. The third-order valence-corrected chi connectivity index (χ3v) is 4.82. The summed E-state index contributed by atoms with van der Waals surface area (Å²) in [6.07, 6.45) is -2.96. The number of imide groups is 1. The van der Waals surface area contributed by atoms with E-state index in [4.69, 9.17) is 4.74 Å². The second kappa shape index (κ2) is 7.37. The summed E-state index contributed by atoms with van der Waals surface area (Å²) in [7, 11) is 0. The number of alkyl halides is 3. The Balaban J connectivity index is 1.50. The number of hydrogen-bond donors (Lipinski definition) is 2. The van der Waals surface area contributed by atoms with Crippen LogP contribution in [0.3, 0.4) is 0 Å². The molecular formula is C18H18F3N3O5. The fraction of sp³-hybridized carbons (Fsp3) is 0.444. The highest BCUT2D eigenvalue weighted by molar-refractivity contribution is 6.09. The second-order valence-electron chi connectivity index (χ2n) is 7.09. The van der Waals surface area contributed by atoms with Gasteiger partial charge in [0.2, 0.25) is 0 Å². The normalized spacial score (nSPS) is 21.7. The van der Waals surface area contributed by atoms with Crippen molar-refractivity contribution in [2.75, 3.05) is 18.5 Å². The Kier molecular flexibility index (Phi) is 5.24. The largest absolute Gasteiger partial charge is 0.454 e. The van der Waals surface area contributed by atoms with Gasteiger partial charge in [0.25, 0.3) is 11.8 Å². The smallest absolute Gasteiger partial charge is 0.416 e. The van der Waals surface area contributed by atoms with Crippen molar-refractivity contribution in [3.8, 4) is 0 Å². The van der Waals surface area contributed by atoms with Crippen molar-refractivity contribution >= 4 is 29.5 Å². The summed E-state index contributed by atoms with van der Waals surface area (Å²) in [5, 5.41) is 4.75. The molecule has 2 N–H and O–H groups in total. The molecule has 11 heteroatoms. The molecule has 29 heavy (non-hydrogen) atoms. The zero-order chi connectivity index (χ0) is 21.4. The van der Waals surface area contributed by atoms with Gasteiger partial charge in [0.15, 0.2) is 6.61 Å². The lowest BCUT2D eigenvalue weighted by Crippen LogP contribution is -2.46. The molecule has 156 valence electrons. The van der Waals surface area contributed by atoms with Gasteiger partial charge in [-0.2, -0.15) is 13.2 Å². The van der Waals surface area contributed by atoms with E-state index in [1.807, 2.05) is 0 Å². The van der Waals surface area contributed by atoms with Crippen molar-refractivity contribution in [3.63, 3.8) is 0 Å². The SMILES string of the molecule is C[C@@]1(C2CC2)NC(=O)N(CC(=O)OCC(=O)Nc2cccc(C(F)(F)F)c2)C1=O. The van der Waals surface area contributed by atoms with Gasteiger partial charge in [0.05, 0.1) is 5.56 Å². The maximum absolute atomic E-state index is 12.7. The zero-order valence-corrected chi connectivity index (χ0v) is 15.3. The zero-order valence-electron chi connectivity index (χ0n) is 15.3. The molecule has 2 aliphatic rings. The number of ether oxygens (including phenoxy) is 1. The van der Waals surface area contributed by atoms with Gasteiger partial charge in [-0.25, -0.2) is 4.79 Å². The van der Waals surface area contributed by atoms with Crippen LogP contribution in [0, 0.1) is 5.92 Å². The molecule has 3 rings (SSSR count). The van der Waals surface area contributed by atoms with Crippen molar-refractivity contribution in [2.45, 2.75) is 31.5 Å². The van der Waals surface area contributed by atoms with Gasteiger partial charge >= 0.3 is 18.2 Å². The fourth-order valence-electron chi connectivity index (χ4n) is 3.09. The summed E-state index contributed by atoms with van der Waals surface area (Å²) in [5.74, 6) is -2.36. The Morgan fingerprint density at radius 3 is 2.62 bits per heavy atom. The van der Waals surface area contributed by atoms with Crippen LogP contribution in [-0.2, 0) is 25.3 Å². The van der Waals surface area contributed by atoms with E-state index < -0.39 is 54.2 Å². The van der Waals surface area contributed by atoms with Crippen molar-refractivity contribution in [1.29, 1.82) is 0 Å². The van der Waals surface area contributed by atoms with Gasteiger partial charge in [-0.3, -0.25) is 19.3 Å². The molecule has 0 aromatic heterocycles. The van der Waals surface area contributed by atoms with Crippen molar-refractivity contribution in [2.24, 2.45) is 5.92 Å². The van der Waals surface area contributed by atoms with E-state index in [-0.39, 0.29) is 11.6 Å². The number of rotatable bonds is 6. The summed E-state index contributed by atoms with van der Waals surface area (Å²) in [6, 6.07) is 3.25. The number of anilines is 1. The third-order valence-electron chi connectivity index (χ3n) is 4.82. The summed E-state index contributed by atoms with van der Waals surface area (Å²) < 4.78 is 42.8. The lowest BCUT2D eigenvalue weighted by Gasteiger charge is -2.20. The van der Waals surface area contributed by atoms with Crippen LogP contribution >= 0.6 is 0 Å². The van der Waals surface area contributed by atoms with Crippen LogP contribution in [0.2, 0.25) is 0 Å². The van der Waals surface area contributed by atoms with Crippen LogP contribution in [0.15, 0.2) is 24.3 Å². The Morgan fingerprint density at radius 1 is 1.31 bits per heavy atom. The standard InChI is InChI=1S/C18H18F3N3O5/c1-17(10-5-6-10)15(27)24(16(28)23-17)8-14(26)29-9-13(25)22-12-4-2-3-11(7-12)18(19,20)21/h2-4,7,10H,5-6,8-9H2,1H3,(H,22,25)(H,23,28)/t17-/m0/s1. The average Bonchev–Trinajstić information content (AvgIpc) is 3.46. The van der Waals surface area contributed by atoms with Gasteiger partial charge in [-0.05, 0) is 43.9 Å². The Hall–Kier alpha value is -3.11. The number of nitrogens with one attached hydrogen (secondary N) is 2. The highest BCUT2D eigenvalue weighted by atomic mass is 19.4. The molecule has 0 radical (unpaired) electrons. The van der Waals surface area contributed by atoms with Crippen molar-refractivity contribution in [3.05, 3.63) is 29.8 Å². The van der Waals surface area contributed by atoms with Gasteiger partial charge in [0.1, 0.15) is 12.1 Å². The Bertz CT molecular complexity index is 869. The first-order valence-electron chi connectivity index (χ1n) is 8.77. The maximum Gasteiger partial charge on any atom is 0.416 e. The predicted molar refractivity (Wildman–Crippen MR) is 92.4 cm³/mol. The molecule has 0 bridgehead atoms. The molecule has 1 heterocycles. The summed E-state index contributed by atoms with van der Waals surface area (Å²) in [6.45, 7) is 0.154. The number of carbonyl (C=O) groups is 4. The number of carbonyl (C=O) groups excluding carboxylic acids is 4. The number of urea groups is 1. The third kappa shape index (κ3) is 4.49. The van der Waals surface area contributed by atoms with Gasteiger partial charge in [0, 0.05) is 5.69 Å². The number of nitrogens with zero attached hydrogens (tertiary/aromatic N) is 1. The minimum absolute atomic E-state index is 0.0261. The minimum Gasteiger partial charge on any atom is -0.454 e. The molecule has 1 aromatic carbocycles.